The maximum Gasteiger partial charge on any atom is 1.00 e. The molecule has 0 radical (unpaired) electrons. The third kappa shape index (κ3) is 14.9. The summed E-state index contributed by atoms with van der Waals surface area (Å²) < 4.78 is 37.0. The van der Waals surface area contributed by atoms with Gasteiger partial charge in [0.2, 0.25) is 0 Å². The molecule has 1 saturated heterocycles. The Bertz CT molecular complexity index is 423. The Hall–Kier alpha value is 0.610. The fourth-order valence-corrected chi connectivity index (χ4v) is 3.39. The molecule has 0 saturated carbocycles. The zero-order valence-corrected chi connectivity index (χ0v) is 18.4. The summed E-state index contributed by atoms with van der Waals surface area (Å²) in [6.45, 7) is 2.23. The summed E-state index contributed by atoms with van der Waals surface area (Å²) in [5, 5.41) is 0. The van der Waals surface area contributed by atoms with Crippen molar-refractivity contribution in [3.8, 4) is 0 Å². The molecule has 0 aromatic heterocycles. The van der Waals surface area contributed by atoms with Crippen LogP contribution < -0.4 is 29.6 Å². The Balaban J connectivity index is 0.00000529. The fraction of sp³-hybridized carbons (Fsp3) is 0.889. The second kappa shape index (κ2) is 14.7. The summed E-state index contributed by atoms with van der Waals surface area (Å²) in [5.41, 5.74) is 0. The van der Waals surface area contributed by atoms with Crippen LogP contribution in [0.15, 0.2) is 12.2 Å². The molecule has 0 spiro atoms. The average Bonchev–Trinajstić information content (AvgIpc) is 3.22. The van der Waals surface area contributed by atoms with Gasteiger partial charge in [0.25, 0.3) is 0 Å². The van der Waals surface area contributed by atoms with Crippen molar-refractivity contribution in [2.45, 2.75) is 96.2 Å². The van der Waals surface area contributed by atoms with E-state index in [2.05, 4.69) is 19.1 Å². The van der Waals surface area contributed by atoms with Gasteiger partial charge in [0.1, 0.15) is 0 Å². The van der Waals surface area contributed by atoms with E-state index in [1.807, 2.05) is 0 Å². The third-order valence-corrected chi connectivity index (χ3v) is 5.12. The van der Waals surface area contributed by atoms with Gasteiger partial charge in [-0.1, -0.05) is 64.0 Å². The third-order valence-electron chi connectivity index (χ3n) is 4.33. The summed E-state index contributed by atoms with van der Waals surface area (Å²) in [7, 11) is -4.01. The quantitative estimate of drug-likeness (QED) is 0.145. The summed E-state index contributed by atoms with van der Waals surface area (Å²) >= 11 is 0. The SMILES string of the molecule is CCCCC[C@H]1O[C@H]1C/C=C\CCCCCCCCS(=O)(=O)[O-].[Na+]. The maximum atomic E-state index is 10.4. The van der Waals surface area contributed by atoms with Crippen LogP contribution in [0.1, 0.15) is 84.0 Å². The van der Waals surface area contributed by atoms with E-state index < -0.39 is 10.1 Å². The molecule has 1 aliphatic rings. The second-order valence-corrected chi connectivity index (χ2v) is 8.11. The Labute approximate surface area is 170 Å². The first kappa shape index (κ1) is 24.6. The van der Waals surface area contributed by atoms with Crippen molar-refractivity contribution in [2.24, 2.45) is 0 Å². The second-order valence-electron chi connectivity index (χ2n) is 6.59. The monoisotopic (exact) mass is 368 g/mol. The number of epoxide rings is 1. The van der Waals surface area contributed by atoms with Gasteiger partial charge in [-0.25, -0.2) is 8.42 Å². The smallest absolute Gasteiger partial charge is 0.748 e. The summed E-state index contributed by atoms with van der Waals surface area (Å²) in [6, 6.07) is 0. The van der Waals surface area contributed by atoms with Crippen molar-refractivity contribution < 1.29 is 47.3 Å². The van der Waals surface area contributed by atoms with Gasteiger partial charge in [0.05, 0.1) is 22.3 Å². The molecule has 0 amide bonds. The minimum Gasteiger partial charge on any atom is -0.748 e. The molecule has 0 unspecified atom stereocenters. The number of ether oxygens (including phenoxy) is 1. The molecule has 1 rings (SSSR count). The van der Waals surface area contributed by atoms with E-state index in [1.165, 1.54) is 38.5 Å². The number of unbranched alkanes of at least 4 members (excludes halogenated alkanes) is 8. The van der Waals surface area contributed by atoms with Gasteiger partial charge in [-0.2, -0.15) is 0 Å². The maximum absolute atomic E-state index is 10.4. The van der Waals surface area contributed by atoms with Gasteiger partial charge in [-0.05, 0) is 32.1 Å². The zero-order valence-electron chi connectivity index (χ0n) is 15.5. The van der Waals surface area contributed by atoms with Crippen molar-refractivity contribution in [2.75, 3.05) is 5.75 Å². The molecule has 0 aromatic carbocycles. The first-order valence-corrected chi connectivity index (χ1v) is 10.8. The molecule has 24 heavy (non-hydrogen) atoms. The summed E-state index contributed by atoms with van der Waals surface area (Å²) in [4.78, 5) is 0. The van der Waals surface area contributed by atoms with Crippen LogP contribution >= 0.6 is 0 Å². The van der Waals surface area contributed by atoms with Gasteiger partial charge >= 0.3 is 29.6 Å². The van der Waals surface area contributed by atoms with Gasteiger partial charge < -0.3 is 9.29 Å². The molecule has 1 heterocycles. The zero-order chi connectivity index (χ0) is 17.0. The first-order valence-electron chi connectivity index (χ1n) is 9.27. The molecule has 0 aromatic rings. The predicted molar refractivity (Wildman–Crippen MR) is 93.4 cm³/mol. The minimum absolute atomic E-state index is 0. The van der Waals surface area contributed by atoms with E-state index in [9.17, 15) is 13.0 Å². The first-order chi connectivity index (χ1) is 11.0. The van der Waals surface area contributed by atoms with E-state index in [4.69, 9.17) is 4.74 Å². The minimum atomic E-state index is -4.01. The van der Waals surface area contributed by atoms with Crippen LogP contribution in [0.25, 0.3) is 0 Å². The standard InChI is InChI=1S/C18H34O4S.Na/c1-2-3-11-14-17-18(22-17)15-12-9-7-5-4-6-8-10-13-16-23(19,20)21;/h9,12,17-18H,2-8,10-11,13-16H2,1H3,(H,19,20,21);/q;+1/p-1/b12-9-;/t17-,18+;/m1./s1. The van der Waals surface area contributed by atoms with Crippen LogP contribution in [-0.2, 0) is 14.9 Å². The summed E-state index contributed by atoms with van der Waals surface area (Å²) in [6.07, 6.45) is 18.6. The average molecular weight is 369 g/mol. The normalized spacial score (nSPS) is 20.2. The largest absolute Gasteiger partial charge is 1.00 e. The molecule has 0 bridgehead atoms. The van der Waals surface area contributed by atoms with E-state index in [0.717, 1.165) is 32.1 Å². The molecule has 2 atom stereocenters. The molecular formula is C18H33NaO4S. The van der Waals surface area contributed by atoms with Gasteiger partial charge in [0.15, 0.2) is 0 Å². The van der Waals surface area contributed by atoms with Crippen LogP contribution in [0, 0.1) is 0 Å². The van der Waals surface area contributed by atoms with E-state index in [-0.39, 0.29) is 35.3 Å². The number of allylic oxidation sites excluding steroid dienone is 1. The van der Waals surface area contributed by atoms with Crippen molar-refractivity contribution in [1.29, 1.82) is 0 Å². The van der Waals surface area contributed by atoms with Gasteiger partial charge in [-0.15, -0.1) is 0 Å². The van der Waals surface area contributed by atoms with E-state index in [0.29, 0.717) is 18.6 Å². The number of rotatable bonds is 15. The van der Waals surface area contributed by atoms with E-state index >= 15 is 0 Å². The van der Waals surface area contributed by atoms with Gasteiger partial charge in [0, 0.05) is 5.75 Å². The Morgan fingerprint density at radius 3 is 2.25 bits per heavy atom. The molecule has 1 fully saturated rings. The molecular weight excluding hydrogens is 335 g/mol. The molecule has 1 aliphatic heterocycles. The Kier molecular flexibility index (Phi) is 15.1. The molecule has 6 heteroatoms. The number of hydrogen-bond acceptors (Lipinski definition) is 4. The fourth-order valence-electron chi connectivity index (χ4n) is 2.83. The Morgan fingerprint density at radius 2 is 1.58 bits per heavy atom. The van der Waals surface area contributed by atoms with Crippen molar-refractivity contribution in [3.63, 3.8) is 0 Å². The van der Waals surface area contributed by atoms with Crippen molar-refractivity contribution >= 4 is 10.1 Å². The topological polar surface area (TPSA) is 69.7 Å². The van der Waals surface area contributed by atoms with Crippen LogP contribution in [0.2, 0.25) is 0 Å². The number of hydrogen-bond donors (Lipinski definition) is 0. The van der Waals surface area contributed by atoms with E-state index in [1.54, 1.807) is 0 Å². The Morgan fingerprint density at radius 1 is 0.917 bits per heavy atom. The van der Waals surface area contributed by atoms with Crippen molar-refractivity contribution in [3.05, 3.63) is 12.2 Å². The van der Waals surface area contributed by atoms with Crippen LogP contribution in [-0.4, -0.2) is 30.9 Å². The molecule has 0 aliphatic carbocycles. The van der Waals surface area contributed by atoms with Crippen LogP contribution in [0.3, 0.4) is 0 Å². The van der Waals surface area contributed by atoms with Crippen LogP contribution in [0.4, 0.5) is 0 Å². The molecule has 0 N–H and O–H groups in total. The van der Waals surface area contributed by atoms with Crippen molar-refractivity contribution in [1.82, 2.24) is 0 Å². The predicted octanol–water partition coefficient (Wildman–Crippen LogP) is 1.56. The molecule has 4 nitrogen and oxygen atoms in total. The summed E-state index contributed by atoms with van der Waals surface area (Å²) in [5.74, 6) is -0.210. The van der Waals surface area contributed by atoms with Gasteiger partial charge in [-0.3, -0.25) is 0 Å². The molecule has 136 valence electrons. The van der Waals surface area contributed by atoms with Crippen LogP contribution in [0.5, 0.6) is 0 Å².